The fraction of sp³-hybridized carbons (Fsp3) is 0.0952. The van der Waals surface area contributed by atoms with Gasteiger partial charge in [-0.15, -0.1) is 0 Å². The zero-order valence-corrected chi connectivity index (χ0v) is 15.8. The first-order chi connectivity index (χ1) is 13.1. The highest BCUT2D eigenvalue weighted by Crippen LogP contribution is 2.38. The maximum Gasteiger partial charge on any atom is 0.181 e. The largest absolute Gasteiger partial charge is 0.497 e. The monoisotopic (exact) mass is 374 g/mol. The van der Waals surface area contributed by atoms with Gasteiger partial charge >= 0.3 is 0 Å². The number of aryl methyl sites for hydroxylation is 1. The van der Waals surface area contributed by atoms with Gasteiger partial charge in [-0.3, -0.25) is 9.97 Å². The lowest BCUT2D eigenvalue weighted by atomic mass is 10.1. The molecule has 4 aromatic rings. The molecule has 0 unspecified atom stereocenters. The number of hydrogen-bond acceptors (Lipinski definition) is 6. The Balaban J connectivity index is 1.78. The molecule has 3 heterocycles. The van der Waals surface area contributed by atoms with Crippen LogP contribution in [0.3, 0.4) is 0 Å². The predicted molar refractivity (Wildman–Crippen MR) is 110 cm³/mol. The van der Waals surface area contributed by atoms with Crippen LogP contribution < -0.4 is 10.5 Å². The summed E-state index contributed by atoms with van der Waals surface area (Å²) < 4.78 is 5.23. The van der Waals surface area contributed by atoms with Crippen LogP contribution in [0, 0.1) is 6.92 Å². The molecule has 1 aromatic carbocycles. The van der Waals surface area contributed by atoms with Crippen LogP contribution in [0.25, 0.3) is 33.1 Å². The maximum absolute atomic E-state index is 6.02. The average molecular weight is 374 g/mol. The summed E-state index contributed by atoms with van der Waals surface area (Å²) in [6.45, 7) is 1.97. The van der Waals surface area contributed by atoms with Crippen LogP contribution in [0.2, 0.25) is 0 Å². The number of hydrogen-bond donors (Lipinski definition) is 1. The van der Waals surface area contributed by atoms with Gasteiger partial charge in [-0.2, -0.15) is 0 Å². The Morgan fingerprint density at radius 2 is 1.74 bits per heavy atom. The van der Waals surface area contributed by atoms with Gasteiger partial charge in [0, 0.05) is 17.5 Å². The number of rotatable bonds is 4. The van der Waals surface area contributed by atoms with Crippen molar-refractivity contribution in [1.82, 2.24) is 15.0 Å². The number of methoxy groups -OCH3 is 1. The fourth-order valence-electron chi connectivity index (χ4n) is 2.87. The molecule has 3 aromatic heterocycles. The number of nitrogen functional groups attached to an aromatic ring is 1. The van der Waals surface area contributed by atoms with Crippen LogP contribution in [0.15, 0.2) is 60.8 Å². The second kappa shape index (κ2) is 7.17. The number of ether oxygens (including phenoxy) is 1. The van der Waals surface area contributed by atoms with Crippen LogP contribution in [0.4, 0.5) is 5.13 Å². The van der Waals surface area contributed by atoms with Gasteiger partial charge in [0.2, 0.25) is 0 Å². The summed E-state index contributed by atoms with van der Waals surface area (Å²) in [6.07, 6.45) is 1.80. The molecule has 0 saturated heterocycles. The Bertz CT molecular complexity index is 1090. The summed E-state index contributed by atoms with van der Waals surface area (Å²) in [7, 11) is 1.66. The van der Waals surface area contributed by atoms with E-state index in [-0.39, 0.29) is 0 Å². The topological polar surface area (TPSA) is 73.9 Å². The predicted octanol–water partition coefficient (Wildman–Crippen LogP) is 4.83. The molecule has 27 heavy (non-hydrogen) atoms. The fourth-order valence-corrected chi connectivity index (χ4v) is 3.71. The van der Waals surface area contributed by atoms with E-state index in [2.05, 4.69) is 15.0 Å². The van der Waals surface area contributed by atoms with Crippen LogP contribution in [0.1, 0.15) is 5.69 Å². The van der Waals surface area contributed by atoms with Gasteiger partial charge in [0.05, 0.1) is 23.4 Å². The molecule has 134 valence electrons. The van der Waals surface area contributed by atoms with Crippen LogP contribution in [-0.4, -0.2) is 22.1 Å². The minimum absolute atomic E-state index is 0.520. The summed E-state index contributed by atoms with van der Waals surface area (Å²) >= 11 is 1.46. The molecule has 0 bridgehead atoms. The lowest BCUT2D eigenvalue weighted by molar-refractivity contribution is 0.415. The van der Waals surface area contributed by atoms with Gasteiger partial charge in [-0.1, -0.05) is 17.4 Å². The van der Waals surface area contributed by atoms with E-state index in [1.807, 2.05) is 61.5 Å². The van der Waals surface area contributed by atoms with Crippen molar-refractivity contribution in [3.8, 4) is 38.8 Å². The molecule has 0 amide bonds. The zero-order chi connectivity index (χ0) is 18.8. The van der Waals surface area contributed by atoms with Gasteiger partial charge in [0.15, 0.2) is 5.13 Å². The number of pyridine rings is 2. The maximum atomic E-state index is 6.02. The normalized spacial score (nSPS) is 10.7. The molecule has 0 saturated carbocycles. The van der Waals surface area contributed by atoms with Crippen molar-refractivity contribution < 1.29 is 4.74 Å². The number of nitrogens with two attached hydrogens (primary N) is 1. The van der Waals surface area contributed by atoms with Gasteiger partial charge in [0.25, 0.3) is 0 Å². The van der Waals surface area contributed by atoms with E-state index in [1.54, 1.807) is 13.3 Å². The molecular formula is C21H18N4OS. The molecule has 0 fully saturated rings. The minimum Gasteiger partial charge on any atom is -0.497 e. The lowest BCUT2D eigenvalue weighted by Gasteiger charge is -2.06. The highest BCUT2D eigenvalue weighted by Gasteiger charge is 2.16. The van der Waals surface area contributed by atoms with Crippen molar-refractivity contribution in [2.24, 2.45) is 0 Å². The number of nitrogens with zero attached hydrogens (tertiary/aromatic N) is 3. The van der Waals surface area contributed by atoms with Gasteiger partial charge in [-0.25, -0.2) is 4.98 Å². The van der Waals surface area contributed by atoms with Gasteiger partial charge < -0.3 is 10.5 Å². The van der Waals surface area contributed by atoms with E-state index >= 15 is 0 Å². The number of anilines is 1. The van der Waals surface area contributed by atoms with Crippen LogP contribution in [-0.2, 0) is 0 Å². The molecule has 0 aliphatic carbocycles. The summed E-state index contributed by atoms with van der Waals surface area (Å²) in [5.41, 5.74) is 11.5. The van der Waals surface area contributed by atoms with E-state index in [4.69, 9.17) is 10.5 Å². The van der Waals surface area contributed by atoms with Gasteiger partial charge in [-0.05, 0) is 61.0 Å². The minimum atomic E-state index is 0.520. The summed E-state index contributed by atoms with van der Waals surface area (Å²) in [5, 5.41) is 0.520. The Morgan fingerprint density at radius 1 is 0.926 bits per heavy atom. The first-order valence-electron chi connectivity index (χ1n) is 8.45. The Kier molecular flexibility index (Phi) is 4.56. The van der Waals surface area contributed by atoms with Crippen molar-refractivity contribution in [1.29, 1.82) is 0 Å². The van der Waals surface area contributed by atoms with Crippen molar-refractivity contribution in [2.45, 2.75) is 6.92 Å². The van der Waals surface area contributed by atoms with Crippen LogP contribution >= 0.6 is 11.3 Å². The molecule has 0 atom stereocenters. The first kappa shape index (κ1) is 17.2. The SMILES string of the molecule is COc1ccc(-c2cc(-c3sc(N)nc3-c3cccc(C)n3)ccn2)cc1. The Morgan fingerprint density at radius 3 is 2.48 bits per heavy atom. The third-order valence-corrected chi connectivity index (χ3v) is 5.12. The average Bonchev–Trinajstić information content (AvgIpc) is 3.10. The molecular weight excluding hydrogens is 356 g/mol. The number of thiazole rings is 1. The van der Waals surface area contributed by atoms with Crippen molar-refractivity contribution in [3.05, 3.63) is 66.5 Å². The van der Waals surface area contributed by atoms with E-state index in [9.17, 15) is 0 Å². The molecule has 4 rings (SSSR count). The lowest BCUT2D eigenvalue weighted by Crippen LogP contribution is -1.90. The second-order valence-corrected chi connectivity index (χ2v) is 7.08. The highest BCUT2D eigenvalue weighted by atomic mass is 32.1. The van der Waals surface area contributed by atoms with Crippen molar-refractivity contribution in [2.75, 3.05) is 12.8 Å². The number of aromatic nitrogens is 3. The summed E-state index contributed by atoms with van der Waals surface area (Å²) in [5.74, 6) is 0.818. The Hall–Kier alpha value is -3.25. The molecule has 0 aliphatic heterocycles. The molecule has 0 radical (unpaired) electrons. The van der Waals surface area contributed by atoms with Gasteiger partial charge in [0.1, 0.15) is 11.4 Å². The molecule has 5 nitrogen and oxygen atoms in total. The second-order valence-electron chi connectivity index (χ2n) is 6.05. The van der Waals surface area contributed by atoms with E-state index in [1.165, 1.54) is 11.3 Å². The third kappa shape index (κ3) is 3.52. The van der Waals surface area contributed by atoms with E-state index < -0.39 is 0 Å². The Labute approximate surface area is 161 Å². The number of benzene rings is 1. The zero-order valence-electron chi connectivity index (χ0n) is 15.0. The summed E-state index contributed by atoms with van der Waals surface area (Å²) in [6, 6.07) is 17.8. The third-order valence-electron chi connectivity index (χ3n) is 4.18. The molecule has 6 heteroatoms. The smallest absolute Gasteiger partial charge is 0.181 e. The standard InChI is InChI=1S/C21H18N4OS/c1-13-4-3-5-17(24-13)19-20(27-21(22)25-19)15-10-11-23-18(12-15)14-6-8-16(26-2)9-7-14/h3-12H,1-2H3,(H2,22,25). The van der Waals surface area contributed by atoms with E-state index in [0.29, 0.717) is 5.13 Å². The van der Waals surface area contributed by atoms with Crippen LogP contribution in [0.5, 0.6) is 5.75 Å². The quantitative estimate of drug-likeness (QED) is 0.554. The van der Waals surface area contributed by atoms with Crippen molar-refractivity contribution >= 4 is 16.5 Å². The molecule has 2 N–H and O–H groups in total. The highest BCUT2D eigenvalue weighted by molar-refractivity contribution is 7.19. The first-order valence-corrected chi connectivity index (χ1v) is 9.27. The van der Waals surface area contributed by atoms with E-state index in [0.717, 1.165) is 44.5 Å². The molecule has 0 aliphatic rings. The summed E-state index contributed by atoms with van der Waals surface area (Å²) in [4.78, 5) is 14.6. The van der Waals surface area contributed by atoms with Crippen molar-refractivity contribution in [3.63, 3.8) is 0 Å². The molecule has 0 spiro atoms.